The molecule has 3 heteroatoms. The largest absolute Gasteiger partial charge is 0.492 e. The van der Waals surface area contributed by atoms with Gasteiger partial charge in [0.1, 0.15) is 12.4 Å². The number of hydrogen-bond acceptors (Lipinski definition) is 3. The minimum atomic E-state index is -0.704. The second kappa shape index (κ2) is 6.37. The van der Waals surface area contributed by atoms with Crippen LogP contribution in [0.3, 0.4) is 0 Å². The quantitative estimate of drug-likeness (QED) is 0.844. The van der Waals surface area contributed by atoms with E-state index in [0.29, 0.717) is 12.0 Å². The summed E-state index contributed by atoms with van der Waals surface area (Å²) < 4.78 is 5.65. The van der Waals surface area contributed by atoms with Crippen LogP contribution in [0.15, 0.2) is 24.3 Å². The summed E-state index contributed by atoms with van der Waals surface area (Å²) in [5.74, 6) is 0.787. The van der Waals surface area contributed by atoms with Gasteiger partial charge in [-0.1, -0.05) is 46.8 Å². The summed E-state index contributed by atoms with van der Waals surface area (Å²) in [5, 5.41) is 9.13. The molecule has 1 rings (SSSR count). The molecule has 3 N–H and O–H groups in total. The zero-order chi connectivity index (χ0) is 16.3. The summed E-state index contributed by atoms with van der Waals surface area (Å²) in [7, 11) is 0. The third-order valence-corrected chi connectivity index (χ3v) is 3.54. The summed E-state index contributed by atoms with van der Waals surface area (Å²) in [4.78, 5) is 0. The van der Waals surface area contributed by atoms with Crippen molar-refractivity contribution in [2.45, 2.75) is 58.9 Å². The molecule has 120 valence electrons. The number of rotatable bonds is 6. The second-order valence-corrected chi connectivity index (χ2v) is 8.25. The van der Waals surface area contributed by atoms with Crippen LogP contribution in [0.5, 0.6) is 5.75 Å². The molecule has 0 bridgehead atoms. The monoisotopic (exact) mass is 293 g/mol. The molecule has 0 heterocycles. The van der Waals surface area contributed by atoms with E-state index in [1.54, 1.807) is 6.92 Å². The first-order valence-electron chi connectivity index (χ1n) is 7.58. The molecular formula is C18H31NO2. The Morgan fingerprint density at radius 3 is 1.95 bits per heavy atom. The van der Waals surface area contributed by atoms with Crippen molar-refractivity contribution in [3.8, 4) is 5.75 Å². The molecule has 0 saturated heterocycles. The van der Waals surface area contributed by atoms with Gasteiger partial charge in [-0.3, -0.25) is 0 Å². The number of benzene rings is 1. The van der Waals surface area contributed by atoms with Gasteiger partial charge >= 0.3 is 0 Å². The van der Waals surface area contributed by atoms with Gasteiger partial charge in [-0.2, -0.15) is 0 Å². The topological polar surface area (TPSA) is 55.5 Å². The molecule has 1 aromatic carbocycles. The van der Waals surface area contributed by atoms with Gasteiger partial charge in [0.2, 0.25) is 0 Å². The van der Waals surface area contributed by atoms with Crippen molar-refractivity contribution < 1.29 is 9.84 Å². The molecule has 0 aliphatic heterocycles. The maximum Gasteiger partial charge on any atom is 0.119 e. The maximum atomic E-state index is 9.13. The average molecular weight is 293 g/mol. The first-order valence-corrected chi connectivity index (χ1v) is 7.58. The first-order chi connectivity index (χ1) is 9.45. The van der Waals surface area contributed by atoms with Crippen LogP contribution >= 0.6 is 0 Å². The van der Waals surface area contributed by atoms with E-state index in [4.69, 9.17) is 15.6 Å². The Labute approximate surface area is 129 Å². The molecule has 0 aliphatic carbocycles. The van der Waals surface area contributed by atoms with Crippen molar-refractivity contribution in [2.24, 2.45) is 11.1 Å². The molecule has 1 atom stereocenters. The Morgan fingerprint density at radius 2 is 1.52 bits per heavy atom. The third-order valence-electron chi connectivity index (χ3n) is 3.54. The van der Waals surface area contributed by atoms with Crippen molar-refractivity contribution in [1.29, 1.82) is 0 Å². The molecule has 0 aliphatic rings. The molecule has 0 fully saturated rings. The summed E-state index contributed by atoms with van der Waals surface area (Å²) >= 11 is 0. The molecule has 0 amide bonds. The molecular weight excluding hydrogens is 262 g/mol. The van der Waals surface area contributed by atoms with Gasteiger partial charge in [-0.05, 0) is 41.9 Å². The molecule has 1 aromatic rings. The summed E-state index contributed by atoms with van der Waals surface area (Å²) in [5.41, 5.74) is 6.88. The lowest BCUT2D eigenvalue weighted by molar-refractivity contribution is 0.146. The highest BCUT2D eigenvalue weighted by molar-refractivity contribution is 5.31. The normalized spacial score (nSPS) is 15.6. The molecule has 21 heavy (non-hydrogen) atoms. The minimum Gasteiger partial charge on any atom is -0.492 e. The molecule has 0 saturated carbocycles. The highest BCUT2D eigenvalue weighted by atomic mass is 16.5. The van der Waals surface area contributed by atoms with Crippen molar-refractivity contribution in [3.05, 3.63) is 29.8 Å². The first kappa shape index (κ1) is 18.0. The van der Waals surface area contributed by atoms with Crippen LogP contribution in [0.2, 0.25) is 0 Å². The Balaban J connectivity index is 2.74. The molecule has 1 unspecified atom stereocenters. The van der Waals surface area contributed by atoms with Gasteiger partial charge < -0.3 is 15.6 Å². The maximum absolute atomic E-state index is 9.13. The molecule has 3 nitrogen and oxygen atoms in total. The van der Waals surface area contributed by atoms with Crippen LogP contribution in [0.1, 0.15) is 53.5 Å². The van der Waals surface area contributed by atoms with E-state index in [2.05, 4.69) is 46.8 Å². The number of ether oxygens (including phenoxy) is 1. The lowest BCUT2D eigenvalue weighted by Crippen LogP contribution is -2.45. The lowest BCUT2D eigenvalue weighted by Gasteiger charge is -2.33. The zero-order valence-electron chi connectivity index (χ0n) is 14.4. The van der Waals surface area contributed by atoms with Crippen molar-refractivity contribution >= 4 is 0 Å². The standard InChI is InChI=1S/C18H31NO2/c1-16(2,3)11-17(4,5)14-7-9-15(10-8-14)21-13-18(6,19)12-20/h7-10,20H,11-13,19H2,1-6H3. The minimum absolute atomic E-state index is 0.0936. The fraction of sp³-hybridized carbons (Fsp3) is 0.667. The fourth-order valence-electron chi connectivity index (χ4n) is 2.72. The van der Waals surface area contributed by atoms with Crippen molar-refractivity contribution in [1.82, 2.24) is 0 Å². The van der Waals surface area contributed by atoms with Crippen LogP contribution in [0, 0.1) is 5.41 Å². The van der Waals surface area contributed by atoms with Gasteiger partial charge in [0.15, 0.2) is 0 Å². The summed E-state index contributed by atoms with van der Waals surface area (Å²) in [6.07, 6.45) is 1.12. The van der Waals surface area contributed by atoms with Crippen LogP contribution < -0.4 is 10.5 Å². The van der Waals surface area contributed by atoms with Crippen molar-refractivity contribution in [3.63, 3.8) is 0 Å². The van der Waals surface area contributed by atoms with E-state index >= 15 is 0 Å². The smallest absolute Gasteiger partial charge is 0.119 e. The van der Waals surface area contributed by atoms with Crippen LogP contribution in [0.25, 0.3) is 0 Å². The predicted molar refractivity (Wildman–Crippen MR) is 88.7 cm³/mol. The molecule has 0 radical (unpaired) electrons. The number of aliphatic hydroxyl groups is 1. The Bertz CT molecular complexity index is 441. The predicted octanol–water partition coefficient (Wildman–Crippen LogP) is 3.49. The summed E-state index contributed by atoms with van der Waals surface area (Å²) in [6, 6.07) is 8.20. The fourth-order valence-corrected chi connectivity index (χ4v) is 2.72. The van der Waals surface area contributed by atoms with Gasteiger partial charge in [0.05, 0.1) is 12.1 Å². The zero-order valence-corrected chi connectivity index (χ0v) is 14.4. The van der Waals surface area contributed by atoms with Crippen molar-refractivity contribution in [2.75, 3.05) is 13.2 Å². The Morgan fingerprint density at radius 1 is 1.00 bits per heavy atom. The van der Waals surface area contributed by atoms with E-state index in [9.17, 15) is 0 Å². The lowest BCUT2D eigenvalue weighted by atomic mass is 9.72. The van der Waals surface area contributed by atoms with E-state index in [-0.39, 0.29) is 12.0 Å². The highest BCUT2D eigenvalue weighted by Crippen LogP contribution is 2.36. The van der Waals surface area contributed by atoms with E-state index in [1.165, 1.54) is 5.56 Å². The van der Waals surface area contributed by atoms with Crippen LogP contribution in [-0.4, -0.2) is 23.9 Å². The molecule has 0 aromatic heterocycles. The van der Waals surface area contributed by atoms with E-state index in [0.717, 1.165) is 12.2 Å². The van der Waals surface area contributed by atoms with E-state index in [1.807, 2.05) is 12.1 Å². The number of hydrogen-bond donors (Lipinski definition) is 2. The van der Waals surface area contributed by atoms with Crippen LogP contribution in [0.4, 0.5) is 0 Å². The SMILES string of the molecule is CC(C)(C)CC(C)(C)c1ccc(OCC(C)(N)CO)cc1. The van der Waals surface area contributed by atoms with Gasteiger partial charge in [0, 0.05) is 0 Å². The highest BCUT2D eigenvalue weighted by Gasteiger charge is 2.27. The number of nitrogens with two attached hydrogens (primary N) is 1. The van der Waals surface area contributed by atoms with Gasteiger partial charge in [0.25, 0.3) is 0 Å². The average Bonchev–Trinajstić information content (AvgIpc) is 2.34. The van der Waals surface area contributed by atoms with Gasteiger partial charge in [-0.25, -0.2) is 0 Å². The van der Waals surface area contributed by atoms with Crippen LogP contribution in [-0.2, 0) is 5.41 Å². The Kier molecular flexibility index (Phi) is 5.46. The summed E-state index contributed by atoms with van der Waals surface area (Å²) in [6.45, 7) is 13.3. The Hall–Kier alpha value is -1.06. The molecule has 0 spiro atoms. The number of aliphatic hydroxyl groups excluding tert-OH is 1. The van der Waals surface area contributed by atoms with Gasteiger partial charge in [-0.15, -0.1) is 0 Å². The third kappa shape index (κ3) is 6.06. The second-order valence-electron chi connectivity index (χ2n) is 8.25. The van der Waals surface area contributed by atoms with E-state index < -0.39 is 5.54 Å².